The fourth-order valence-corrected chi connectivity index (χ4v) is 1.42. The normalized spacial score (nSPS) is 28.4. The lowest BCUT2D eigenvalue weighted by Gasteiger charge is -2.19. The van der Waals surface area contributed by atoms with E-state index in [1.807, 2.05) is 20.8 Å². The molecule has 0 aromatic heterocycles. The molecule has 0 spiro atoms. The highest BCUT2D eigenvalue weighted by Crippen LogP contribution is 2.42. The van der Waals surface area contributed by atoms with E-state index in [2.05, 4.69) is 0 Å². The molecule has 1 saturated carbocycles. The van der Waals surface area contributed by atoms with Crippen LogP contribution in [-0.2, 0) is 9.53 Å². The predicted octanol–water partition coefficient (Wildman–Crippen LogP) is 0.317. The molecule has 82 valence electrons. The Morgan fingerprint density at radius 3 is 2.57 bits per heavy atom. The summed E-state index contributed by atoms with van der Waals surface area (Å²) in [6.07, 6.45) is -0.163. The molecule has 2 N–H and O–H groups in total. The van der Waals surface area contributed by atoms with Gasteiger partial charge in [0.25, 0.3) is 0 Å². The summed E-state index contributed by atoms with van der Waals surface area (Å²) >= 11 is 0. The number of ether oxygens (including phenoxy) is 1. The van der Waals surface area contributed by atoms with Gasteiger partial charge in [-0.3, -0.25) is 4.79 Å². The summed E-state index contributed by atoms with van der Waals surface area (Å²) in [5.74, 6) is -0.610. The summed E-state index contributed by atoms with van der Waals surface area (Å²) in [6.45, 7) is 5.14. The van der Waals surface area contributed by atoms with Crippen molar-refractivity contribution in [3.05, 3.63) is 0 Å². The van der Waals surface area contributed by atoms with Crippen LogP contribution in [0.4, 0.5) is 0 Å². The van der Waals surface area contributed by atoms with Crippen LogP contribution in [0.5, 0.6) is 0 Å². The average molecular weight is 202 g/mol. The lowest BCUT2D eigenvalue weighted by molar-refractivity contribution is -0.157. The number of hydrogen-bond acceptors (Lipinski definition) is 4. The first-order valence-corrected chi connectivity index (χ1v) is 4.87. The molecule has 0 radical (unpaired) electrons. The first kappa shape index (κ1) is 11.5. The van der Waals surface area contributed by atoms with Crippen molar-refractivity contribution in [1.29, 1.82) is 0 Å². The SMILES string of the molecule is CC(C)(C)OC(=O)C1CC1C(O)CO. The van der Waals surface area contributed by atoms with Gasteiger partial charge < -0.3 is 14.9 Å². The van der Waals surface area contributed by atoms with E-state index in [4.69, 9.17) is 9.84 Å². The van der Waals surface area contributed by atoms with Gasteiger partial charge in [-0.05, 0) is 27.2 Å². The smallest absolute Gasteiger partial charge is 0.309 e. The van der Waals surface area contributed by atoms with E-state index in [1.54, 1.807) is 0 Å². The molecule has 1 rings (SSSR count). The summed E-state index contributed by atoms with van der Waals surface area (Å²) in [6, 6.07) is 0. The van der Waals surface area contributed by atoms with E-state index in [1.165, 1.54) is 0 Å². The maximum absolute atomic E-state index is 11.4. The molecule has 3 unspecified atom stereocenters. The molecule has 0 amide bonds. The second kappa shape index (κ2) is 3.87. The van der Waals surface area contributed by atoms with Crippen molar-refractivity contribution < 1.29 is 19.7 Å². The number of carbonyl (C=O) groups excluding carboxylic acids is 1. The number of hydrogen-bond donors (Lipinski definition) is 2. The Bertz CT molecular complexity index is 219. The third-order valence-corrected chi connectivity index (χ3v) is 2.23. The van der Waals surface area contributed by atoms with Crippen molar-refractivity contribution in [3.8, 4) is 0 Å². The van der Waals surface area contributed by atoms with Crippen LogP contribution in [0.2, 0.25) is 0 Å². The molecule has 4 heteroatoms. The lowest BCUT2D eigenvalue weighted by atomic mass is 10.2. The summed E-state index contributed by atoms with van der Waals surface area (Å²) in [4.78, 5) is 11.4. The molecule has 0 aromatic carbocycles. The summed E-state index contributed by atoms with van der Waals surface area (Å²) in [5, 5.41) is 17.9. The Morgan fingerprint density at radius 2 is 2.14 bits per heavy atom. The van der Waals surface area contributed by atoms with Gasteiger partial charge >= 0.3 is 5.97 Å². The monoisotopic (exact) mass is 202 g/mol. The van der Waals surface area contributed by atoms with Crippen molar-refractivity contribution in [2.75, 3.05) is 6.61 Å². The minimum absolute atomic E-state index is 0.116. The second-order valence-electron chi connectivity index (χ2n) is 4.79. The van der Waals surface area contributed by atoms with Gasteiger partial charge in [-0.15, -0.1) is 0 Å². The summed E-state index contributed by atoms with van der Waals surface area (Å²) in [5.41, 5.74) is -0.478. The van der Waals surface area contributed by atoms with E-state index < -0.39 is 11.7 Å². The van der Waals surface area contributed by atoms with Crippen molar-refractivity contribution in [2.45, 2.75) is 38.9 Å². The molecule has 0 saturated heterocycles. The third kappa shape index (κ3) is 2.96. The Morgan fingerprint density at radius 1 is 1.57 bits per heavy atom. The molecule has 4 nitrogen and oxygen atoms in total. The summed E-state index contributed by atoms with van der Waals surface area (Å²) < 4.78 is 5.15. The molecular formula is C10H18O4. The van der Waals surface area contributed by atoms with Gasteiger partial charge in [-0.2, -0.15) is 0 Å². The van der Waals surface area contributed by atoms with Crippen LogP contribution in [0.3, 0.4) is 0 Å². The quantitative estimate of drug-likeness (QED) is 0.647. The van der Waals surface area contributed by atoms with Gasteiger partial charge in [0.1, 0.15) is 5.60 Å². The maximum Gasteiger partial charge on any atom is 0.309 e. The minimum Gasteiger partial charge on any atom is -0.460 e. The van der Waals surface area contributed by atoms with E-state index in [-0.39, 0.29) is 24.4 Å². The molecule has 3 atom stereocenters. The van der Waals surface area contributed by atoms with Crippen molar-refractivity contribution in [3.63, 3.8) is 0 Å². The van der Waals surface area contributed by atoms with E-state index in [0.717, 1.165) is 0 Å². The molecular weight excluding hydrogens is 184 g/mol. The Balaban J connectivity index is 2.36. The molecule has 1 aliphatic rings. The average Bonchev–Trinajstić information content (AvgIpc) is 2.78. The Hall–Kier alpha value is -0.610. The topological polar surface area (TPSA) is 66.8 Å². The molecule has 0 aliphatic heterocycles. The Labute approximate surface area is 83.9 Å². The van der Waals surface area contributed by atoms with E-state index in [0.29, 0.717) is 6.42 Å². The number of carbonyl (C=O) groups is 1. The zero-order chi connectivity index (χ0) is 10.9. The Kier molecular flexibility index (Phi) is 3.17. The first-order valence-electron chi connectivity index (χ1n) is 4.87. The molecule has 0 heterocycles. The molecule has 1 fully saturated rings. The fourth-order valence-electron chi connectivity index (χ4n) is 1.42. The standard InChI is InChI=1S/C10H18O4/c1-10(2,3)14-9(13)7-4-6(7)8(12)5-11/h6-8,11-12H,4-5H2,1-3H3. The van der Waals surface area contributed by atoms with Crippen LogP contribution in [0, 0.1) is 11.8 Å². The van der Waals surface area contributed by atoms with Gasteiger partial charge in [0.2, 0.25) is 0 Å². The highest BCUT2D eigenvalue weighted by atomic mass is 16.6. The largest absolute Gasteiger partial charge is 0.460 e. The van der Waals surface area contributed by atoms with Crippen LogP contribution in [0.15, 0.2) is 0 Å². The van der Waals surface area contributed by atoms with Crippen LogP contribution in [0.25, 0.3) is 0 Å². The van der Waals surface area contributed by atoms with E-state index in [9.17, 15) is 9.90 Å². The predicted molar refractivity (Wildman–Crippen MR) is 50.5 cm³/mol. The highest BCUT2D eigenvalue weighted by Gasteiger charge is 2.48. The zero-order valence-corrected chi connectivity index (χ0v) is 8.86. The van der Waals surface area contributed by atoms with E-state index >= 15 is 0 Å². The van der Waals surface area contributed by atoms with Crippen molar-refractivity contribution in [2.24, 2.45) is 11.8 Å². The second-order valence-corrected chi connectivity index (χ2v) is 4.79. The van der Waals surface area contributed by atoms with Crippen molar-refractivity contribution in [1.82, 2.24) is 0 Å². The summed E-state index contributed by atoms with van der Waals surface area (Å²) in [7, 11) is 0. The highest BCUT2D eigenvalue weighted by molar-refractivity contribution is 5.76. The third-order valence-electron chi connectivity index (χ3n) is 2.23. The van der Waals surface area contributed by atoms with Gasteiger partial charge in [0.15, 0.2) is 0 Å². The number of aliphatic hydroxyl groups is 2. The van der Waals surface area contributed by atoms with Gasteiger partial charge in [0.05, 0.1) is 18.6 Å². The number of aliphatic hydroxyl groups excluding tert-OH is 2. The van der Waals surface area contributed by atoms with Crippen LogP contribution < -0.4 is 0 Å². The first-order chi connectivity index (χ1) is 6.35. The maximum atomic E-state index is 11.4. The number of rotatable bonds is 3. The molecule has 0 aromatic rings. The van der Waals surface area contributed by atoms with Crippen LogP contribution >= 0.6 is 0 Å². The molecule has 0 bridgehead atoms. The van der Waals surface area contributed by atoms with Crippen LogP contribution in [0.1, 0.15) is 27.2 Å². The van der Waals surface area contributed by atoms with Crippen LogP contribution in [-0.4, -0.2) is 34.5 Å². The van der Waals surface area contributed by atoms with Crippen molar-refractivity contribution >= 4 is 5.97 Å². The lowest BCUT2D eigenvalue weighted by Crippen LogP contribution is -2.26. The fraction of sp³-hybridized carbons (Fsp3) is 0.900. The van der Waals surface area contributed by atoms with Gasteiger partial charge in [-0.1, -0.05) is 0 Å². The van der Waals surface area contributed by atoms with Gasteiger partial charge in [-0.25, -0.2) is 0 Å². The zero-order valence-electron chi connectivity index (χ0n) is 8.86. The molecule has 14 heavy (non-hydrogen) atoms. The molecule has 1 aliphatic carbocycles. The number of esters is 1. The van der Waals surface area contributed by atoms with Gasteiger partial charge in [0, 0.05) is 5.92 Å². The minimum atomic E-state index is -0.785.